The van der Waals surface area contributed by atoms with Crippen molar-refractivity contribution < 1.29 is 4.79 Å². The lowest BCUT2D eigenvalue weighted by Gasteiger charge is -2.36. The Kier molecular flexibility index (Phi) is 4.81. The largest absolute Gasteiger partial charge is 0.338 e. The lowest BCUT2D eigenvalue weighted by Crippen LogP contribution is -2.49. The van der Waals surface area contributed by atoms with Gasteiger partial charge >= 0.3 is 0 Å². The number of nitrogens with zero attached hydrogens (tertiary/aromatic N) is 1. The summed E-state index contributed by atoms with van der Waals surface area (Å²) in [4.78, 5) is 14.5. The fraction of sp³-hybridized carbons (Fsp3) is 0.588. The van der Waals surface area contributed by atoms with E-state index in [-0.39, 0.29) is 5.91 Å². The summed E-state index contributed by atoms with van der Waals surface area (Å²) < 4.78 is 0. The summed E-state index contributed by atoms with van der Waals surface area (Å²) in [6.07, 6.45) is 1.04. The molecule has 0 spiro atoms. The number of nitrogens with one attached hydrogen (secondary N) is 1. The van der Waals surface area contributed by atoms with Crippen molar-refractivity contribution in [3.05, 3.63) is 35.4 Å². The van der Waals surface area contributed by atoms with Crippen LogP contribution in [0, 0.1) is 5.92 Å². The molecular weight excluding hydrogens is 248 g/mol. The molecule has 0 saturated carbocycles. The van der Waals surface area contributed by atoms with Crippen LogP contribution in [0.2, 0.25) is 0 Å². The van der Waals surface area contributed by atoms with Crippen LogP contribution in [0.5, 0.6) is 0 Å². The Hall–Kier alpha value is -1.35. The molecule has 0 aliphatic carbocycles. The van der Waals surface area contributed by atoms with Crippen LogP contribution in [0.25, 0.3) is 0 Å². The predicted molar refractivity (Wildman–Crippen MR) is 83.1 cm³/mol. The van der Waals surface area contributed by atoms with Crippen molar-refractivity contribution in [2.75, 3.05) is 20.1 Å². The zero-order valence-electron chi connectivity index (χ0n) is 13.0. The molecule has 0 radical (unpaired) electrons. The Bertz CT molecular complexity index is 453. The van der Waals surface area contributed by atoms with Gasteiger partial charge in [-0.25, -0.2) is 0 Å². The number of hydrogen-bond acceptors (Lipinski definition) is 2. The first kappa shape index (κ1) is 15.0. The Labute approximate surface area is 122 Å². The van der Waals surface area contributed by atoms with Gasteiger partial charge in [0.05, 0.1) is 0 Å². The molecule has 2 atom stereocenters. The number of piperidine rings is 1. The highest BCUT2D eigenvalue weighted by molar-refractivity contribution is 5.94. The minimum atomic E-state index is 0.168. The number of amides is 1. The standard InChI is InChI=1S/C17H26N2O/c1-12(2)14-5-7-15(8-6-14)17(20)19-10-9-16(18-4)13(3)11-19/h5-8,12-13,16,18H,9-11H2,1-4H3. The van der Waals surface area contributed by atoms with E-state index in [4.69, 9.17) is 0 Å². The SMILES string of the molecule is CNC1CCN(C(=O)c2ccc(C(C)C)cc2)CC1C. The Morgan fingerprint density at radius 1 is 1.30 bits per heavy atom. The molecule has 3 heteroatoms. The van der Waals surface area contributed by atoms with E-state index < -0.39 is 0 Å². The summed E-state index contributed by atoms with van der Waals surface area (Å²) in [5, 5.41) is 3.33. The van der Waals surface area contributed by atoms with E-state index in [1.807, 2.05) is 24.1 Å². The molecule has 1 amide bonds. The molecule has 1 N–H and O–H groups in total. The number of carbonyl (C=O) groups excluding carboxylic acids is 1. The molecule has 20 heavy (non-hydrogen) atoms. The second kappa shape index (κ2) is 6.40. The third-order valence-electron chi connectivity index (χ3n) is 4.39. The monoisotopic (exact) mass is 274 g/mol. The van der Waals surface area contributed by atoms with Gasteiger partial charge in [0.25, 0.3) is 5.91 Å². The first-order valence-corrected chi connectivity index (χ1v) is 7.59. The third-order valence-corrected chi connectivity index (χ3v) is 4.39. The van der Waals surface area contributed by atoms with Gasteiger partial charge in [-0.2, -0.15) is 0 Å². The zero-order chi connectivity index (χ0) is 14.7. The first-order valence-electron chi connectivity index (χ1n) is 7.59. The zero-order valence-corrected chi connectivity index (χ0v) is 13.0. The van der Waals surface area contributed by atoms with E-state index in [2.05, 4.69) is 38.2 Å². The van der Waals surface area contributed by atoms with Gasteiger partial charge in [0, 0.05) is 24.7 Å². The molecule has 1 aromatic rings. The molecule has 2 rings (SSSR count). The van der Waals surface area contributed by atoms with Crippen molar-refractivity contribution in [3.63, 3.8) is 0 Å². The van der Waals surface area contributed by atoms with Crippen molar-refractivity contribution in [2.45, 2.75) is 39.2 Å². The Morgan fingerprint density at radius 2 is 1.95 bits per heavy atom. The number of hydrogen-bond donors (Lipinski definition) is 1. The maximum atomic E-state index is 12.5. The molecule has 1 aromatic carbocycles. The van der Waals surface area contributed by atoms with Crippen LogP contribution in [0.1, 0.15) is 49.0 Å². The topological polar surface area (TPSA) is 32.3 Å². The minimum Gasteiger partial charge on any atom is -0.338 e. The average molecular weight is 274 g/mol. The van der Waals surface area contributed by atoms with Gasteiger partial charge in [0.1, 0.15) is 0 Å². The van der Waals surface area contributed by atoms with Crippen LogP contribution in [-0.4, -0.2) is 37.0 Å². The summed E-state index contributed by atoms with van der Waals surface area (Å²) in [6.45, 7) is 8.24. The van der Waals surface area contributed by atoms with Crippen molar-refractivity contribution >= 4 is 5.91 Å². The number of likely N-dealkylation sites (tertiary alicyclic amines) is 1. The van der Waals surface area contributed by atoms with E-state index in [9.17, 15) is 4.79 Å². The summed E-state index contributed by atoms with van der Waals surface area (Å²) >= 11 is 0. The van der Waals surface area contributed by atoms with Crippen LogP contribution < -0.4 is 5.32 Å². The lowest BCUT2D eigenvalue weighted by molar-refractivity contribution is 0.0649. The number of carbonyl (C=O) groups is 1. The maximum absolute atomic E-state index is 12.5. The lowest BCUT2D eigenvalue weighted by atomic mass is 9.93. The Morgan fingerprint density at radius 3 is 2.45 bits per heavy atom. The van der Waals surface area contributed by atoms with Gasteiger partial charge in [-0.3, -0.25) is 4.79 Å². The molecule has 0 bridgehead atoms. The molecule has 110 valence electrons. The molecule has 1 saturated heterocycles. The van der Waals surface area contributed by atoms with E-state index in [1.165, 1.54) is 5.56 Å². The smallest absolute Gasteiger partial charge is 0.253 e. The van der Waals surface area contributed by atoms with Crippen LogP contribution in [0.15, 0.2) is 24.3 Å². The number of rotatable bonds is 3. The second-order valence-corrected chi connectivity index (χ2v) is 6.19. The molecule has 0 aromatic heterocycles. The Balaban J connectivity index is 2.04. The van der Waals surface area contributed by atoms with Crippen molar-refractivity contribution in [1.82, 2.24) is 10.2 Å². The number of benzene rings is 1. The molecule has 1 fully saturated rings. The van der Waals surface area contributed by atoms with Gasteiger partial charge in [-0.15, -0.1) is 0 Å². The minimum absolute atomic E-state index is 0.168. The van der Waals surface area contributed by atoms with Crippen LogP contribution in [-0.2, 0) is 0 Å². The molecule has 3 nitrogen and oxygen atoms in total. The maximum Gasteiger partial charge on any atom is 0.253 e. The summed E-state index contributed by atoms with van der Waals surface area (Å²) in [5.41, 5.74) is 2.09. The van der Waals surface area contributed by atoms with E-state index in [0.717, 1.165) is 25.1 Å². The van der Waals surface area contributed by atoms with Gasteiger partial charge in [0.2, 0.25) is 0 Å². The fourth-order valence-electron chi connectivity index (χ4n) is 2.95. The van der Waals surface area contributed by atoms with E-state index in [0.29, 0.717) is 17.9 Å². The molecule has 2 unspecified atom stereocenters. The summed E-state index contributed by atoms with van der Waals surface area (Å²) in [6, 6.07) is 8.60. The van der Waals surface area contributed by atoms with Crippen molar-refractivity contribution in [1.29, 1.82) is 0 Å². The van der Waals surface area contributed by atoms with Crippen molar-refractivity contribution in [3.8, 4) is 0 Å². The molecular formula is C17H26N2O. The third kappa shape index (κ3) is 3.21. The van der Waals surface area contributed by atoms with Gasteiger partial charge in [0.15, 0.2) is 0 Å². The summed E-state index contributed by atoms with van der Waals surface area (Å²) in [7, 11) is 2.00. The predicted octanol–water partition coefficient (Wildman–Crippen LogP) is 2.88. The van der Waals surface area contributed by atoms with E-state index >= 15 is 0 Å². The highest BCUT2D eigenvalue weighted by Crippen LogP contribution is 2.20. The fourth-order valence-corrected chi connectivity index (χ4v) is 2.95. The van der Waals surface area contributed by atoms with E-state index in [1.54, 1.807) is 0 Å². The van der Waals surface area contributed by atoms with Gasteiger partial charge in [-0.1, -0.05) is 32.9 Å². The first-order chi connectivity index (χ1) is 9.52. The summed E-state index contributed by atoms with van der Waals surface area (Å²) in [5.74, 6) is 1.18. The van der Waals surface area contributed by atoms with Gasteiger partial charge in [-0.05, 0) is 43.0 Å². The van der Waals surface area contributed by atoms with Crippen molar-refractivity contribution in [2.24, 2.45) is 5.92 Å². The van der Waals surface area contributed by atoms with Gasteiger partial charge < -0.3 is 10.2 Å². The average Bonchev–Trinajstić information content (AvgIpc) is 2.46. The molecule has 1 heterocycles. The van der Waals surface area contributed by atoms with Crippen LogP contribution in [0.3, 0.4) is 0 Å². The highest BCUT2D eigenvalue weighted by Gasteiger charge is 2.28. The molecule has 1 aliphatic heterocycles. The molecule has 1 aliphatic rings. The normalized spacial score (nSPS) is 23.1. The highest BCUT2D eigenvalue weighted by atomic mass is 16.2. The quantitative estimate of drug-likeness (QED) is 0.919. The van der Waals surface area contributed by atoms with Crippen LogP contribution in [0.4, 0.5) is 0 Å². The second-order valence-electron chi connectivity index (χ2n) is 6.19. The van der Waals surface area contributed by atoms with Crippen LogP contribution >= 0.6 is 0 Å².